The summed E-state index contributed by atoms with van der Waals surface area (Å²) < 4.78 is 5.48. The molecule has 1 atom stereocenters. The molecule has 1 rings (SSSR count). The molecule has 0 saturated carbocycles. The molecule has 20 heavy (non-hydrogen) atoms. The zero-order chi connectivity index (χ0) is 15.0. The SMILES string of the molecule is CC(C)NC[C@H](O)COc1ccc(CNC(N)=O)cc1. The van der Waals surface area contributed by atoms with Crippen LogP contribution in [0, 0.1) is 0 Å². The largest absolute Gasteiger partial charge is 0.491 e. The Labute approximate surface area is 119 Å². The summed E-state index contributed by atoms with van der Waals surface area (Å²) in [5.74, 6) is 0.677. The molecule has 0 aliphatic carbocycles. The number of rotatable bonds is 8. The molecule has 0 aromatic heterocycles. The first-order valence-corrected chi connectivity index (χ1v) is 6.64. The van der Waals surface area contributed by atoms with E-state index in [4.69, 9.17) is 10.5 Å². The van der Waals surface area contributed by atoms with Crippen molar-refractivity contribution in [1.82, 2.24) is 10.6 Å². The maximum atomic E-state index is 10.6. The summed E-state index contributed by atoms with van der Waals surface area (Å²) in [6.45, 7) is 5.16. The lowest BCUT2D eigenvalue weighted by Gasteiger charge is -2.15. The highest BCUT2D eigenvalue weighted by Gasteiger charge is 2.06. The first kappa shape index (κ1) is 16.3. The van der Waals surface area contributed by atoms with E-state index in [0.717, 1.165) is 5.56 Å². The smallest absolute Gasteiger partial charge is 0.312 e. The van der Waals surface area contributed by atoms with E-state index in [1.807, 2.05) is 26.0 Å². The van der Waals surface area contributed by atoms with E-state index >= 15 is 0 Å². The lowest BCUT2D eigenvalue weighted by molar-refractivity contribution is 0.104. The number of ether oxygens (including phenoxy) is 1. The molecule has 0 fully saturated rings. The molecule has 6 nitrogen and oxygen atoms in total. The lowest BCUT2D eigenvalue weighted by atomic mass is 10.2. The molecule has 0 spiro atoms. The topological polar surface area (TPSA) is 96.6 Å². The van der Waals surface area contributed by atoms with Crippen LogP contribution in [0.25, 0.3) is 0 Å². The van der Waals surface area contributed by atoms with Gasteiger partial charge < -0.3 is 26.2 Å². The molecule has 1 aromatic carbocycles. The maximum Gasteiger partial charge on any atom is 0.312 e. The van der Waals surface area contributed by atoms with Crippen LogP contribution in [0.3, 0.4) is 0 Å². The van der Waals surface area contributed by atoms with Crippen molar-refractivity contribution in [1.29, 1.82) is 0 Å². The summed E-state index contributed by atoms with van der Waals surface area (Å²) in [5.41, 5.74) is 5.92. The molecule has 6 heteroatoms. The van der Waals surface area contributed by atoms with Crippen LogP contribution in [-0.4, -0.2) is 36.4 Å². The van der Waals surface area contributed by atoms with E-state index in [-0.39, 0.29) is 6.61 Å². The average molecular weight is 281 g/mol. The number of carbonyl (C=O) groups is 1. The Hall–Kier alpha value is -1.79. The van der Waals surface area contributed by atoms with Crippen LogP contribution < -0.4 is 21.1 Å². The first-order chi connectivity index (χ1) is 9.47. The van der Waals surface area contributed by atoms with Crippen molar-refractivity contribution < 1.29 is 14.6 Å². The molecule has 1 aromatic rings. The highest BCUT2D eigenvalue weighted by atomic mass is 16.5. The average Bonchev–Trinajstić information content (AvgIpc) is 2.41. The Bertz CT molecular complexity index is 407. The van der Waals surface area contributed by atoms with E-state index in [2.05, 4.69) is 10.6 Å². The fourth-order valence-electron chi connectivity index (χ4n) is 1.52. The molecule has 0 aliphatic heterocycles. The van der Waals surface area contributed by atoms with Gasteiger partial charge in [-0.1, -0.05) is 26.0 Å². The molecule has 0 bridgehead atoms. The second kappa shape index (κ2) is 8.39. The van der Waals surface area contributed by atoms with Crippen molar-refractivity contribution >= 4 is 6.03 Å². The van der Waals surface area contributed by atoms with Crippen LogP contribution in [0.5, 0.6) is 5.75 Å². The molecular formula is C14H23N3O3. The minimum Gasteiger partial charge on any atom is -0.491 e. The van der Waals surface area contributed by atoms with Crippen LogP contribution in [0.4, 0.5) is 4.79 Å². The number of amides is 2. The minimum atomic E-state index is -0.550. The van der Waals surface area contributed by atoms with Crippen molar-refractivity contribution in [2.24, 2.45) is 5.73 Å². The van der Waals surface area contributed by atoms with Gasteiger partial charge in [-0.2, -0.15) is 0 Å². The zero-order valence-electron chi connectivity index (χ0n) is 11.9. The van der Waals surface area contributed by atoms with E-state index in [1.54, 1.807) is 12.1 Å². The quantitative estimate of drug-likeness (QED) is 0.561. The number of benzene rings is 1. The third kappa shape index (κ3) is 6.96. The molecule has 0 radical (unpaired) electrons. The van der Waals surface area contributed by atoms with Crippen molar-refractivity contribution in [3.05, 3.63) is 29.8 Å². The highest BCUT2D eigenvalue weighted by Crippen LogP contribution is 2.12. The fourth-order valence-corrected chi connectivity index (χ4v) is 1.52. The summed E-state index contributed by atoms with van der Waals surface area (Å²) >= 11 is 0. The Morgan fingerprint density at radius 3 is 2.55 bits per heavy atom. The normalized spacial score (nSPS) is 12.2. The molecular weight excluding hydrogens is 258 g/mol. The van der Waals surface area contributed by atoms with Crippen LogP contribution in [-0.2, 0) is 6.54 Å². The number of primary amides is 1. The van der Waals surface area contributed by atoms with Gasteiger partial charge in [-0.25, -0.2) is 4.79 Å². The lowest BCUT2D eigenvalue weighted by Crippen LogP contribution is -2.35. The van der Waals surface area contributed by atoms with Crippen molar-refractivity contribution in [3.8, 4) is 5.75 Å². The number of nitrogens with two attached hydrogens (primary N) is 1. The Balaban J connectivity index is 2.32. The van der Waals surface area contributed by atoms with Crippen LogP contribution >= 0.6 is 0 Å². The standard InChI is InChI=1S/C14H23N3O3/c1-10(2)16-8-12(18)9-20-13-5-3-11(4-6-13)7-17-14(15)19/h3-6,10,12,16,18H,7-9H2,1-2H3,(H3,15,17,19)/t12-/m0/s1. The number of hydrogen-bond donors (Lipinski definition) is 4. The van der Waals surface area contributed by atoms with Gasteiger partial charge >= 0.3 is 6.03 Å². The van der Waals surface area contributed by atoms with E-state index in [0.29, 0.717) is 24.9 Å². The zero-order valence-corrected chi connectivity index (χ0v) is 11.9. The fraction of sp³-hybridized carbons (Fsp3) is 0.500. The van der Waals surface area contributed by atoms with Gasteiger partial charge in [0, 0.05) is 19.1 Å². The Kier molecular flexibility index (Phi) is 6.83. The predicted octanol–water partition coefficient (Wildman–Crippen LogP) is 0.593. The van der Waals surface area contributed by atoms with Gasteiger partial charge in [0.1, 0.15) is 18.5 Å². The summed E-state index contributed by atoms with van der Waals surface area (Å²) in [4.78, 5) is 10.6. The first-order valence-electron chi connectivity index (χ1n) is 6.64. The van der Waals surface area contributed by atoms with Crippen LogP contribution in [0.2, 0.25) is 0 Å². The Morgan fingerprint density at radius 1 is 1.35 bits per heavy atom. The van der Waals surface area contributed by atoms with E-state index < -0.39 is 12.1 Å². The summed E-state index contributed by atoms with van der Waals surface area (Å²) in [6.07, 6.45) is -0.548. The van der Waals surface area contributed by atoms with Gasteiger partial charge in [0.05, 0.1) is 0 Å². The summed E-state index contributed by atoms with van der Waals surface area (Å²) in [7, 11) is 0. The third-order valence-electron chi connectivity index (χ3n) is 2.59. The van der Waals surface area contributed by atoms with E-state index in [9.17, 15) is 9.90 Å². The highest BCUT2D eigenvalue weighted by molar-refractivity contribution is 5.71. The molecule has 2 amide bonds. The number of hydrogen-bond acceptors (Lipinski definition) is 4. The van der Waals surface area contributed by atoms with Crippen LogP contribution in [0.1, 0.15) is 19.4 Å². The van der Waals surface area contributed by atoms with Crippen molar-refractivity contribution in [2.75, 3.05) is 13.2 Å². The monoisotopic (exact) mass is 281 g/mol. The summed E-state index contributed by atoms with van der Waals surface area (Å²) in [6, 6.07) is 7.04. The number of nitrogens with one attached hydrogen (secondary N) is 2. The molecule has 0 heterocycles. The van der Waals surface area contributed by atoms with Gasteiger partial charge in [-0.15, -0.1) is 0 Å². The van der Waals surface area contributed by atoms with Crippen molar-refractivity contribution in [2.45, 2.75) is 32.5 Å². The molecule has 0 saturated heterocycles. The van der Waals surface area contributed by atoms with E-state index in [1.165, 1.54) is 0 Å². The second-order valence-electron chi connectivity index (χ2n) is 4.89. The number of carbonyl (C=O) groups excluding carboxylic acids is 1. The van der Waals surface area contributed by atoms with Gasteiger partial charge in [-0.3, -0.25) is 0 Å². The predicted molar refractivity (Wildman–Crippen MR) is 77.5 cm³/mol. The van der Waals surface area contributed by atoms with Gasteiger partial charge in [0.2, 0.25) is 0 Å². The molecule has 0 unspecified atom stereocenters. The number of aliphatic hydroxyl groups excluding tert-OH is 1. The van der Waals surface area contributed by atoms with Crippen LogP contribution in [0.15, 0.2) is 24.3 Å². The molecule has 5 N–H and O–H groups in total. The molecule has 0 aliphatic rings. The summed E-state index contributed by atoms with van der Waals surface area (Å²) in [5, 5.41) is 15.4. The number of aliphatic hydroxyl groups is 1. The van der Waals surface area contributed by atoms with Gasteiger partial charge in [0.15, 0.2) is 0 Å². The maximum absolute atomic E-state index is 10.6. The number of urea groups is 1. The third-order valence-corrected chi connectivity index (χ3v) is 2.59. The van der Waals surface area contributed by atoms with Gasteiger partial charge in [-0.05, 0) is 17.7 Å². The Morgan fingerprint density at radius 2 is 2.00 bits per heavy atom. The van der Waals surface area contributed by atoms with Crippen molar-refractivity contribution in [3.63, 3.8) is 0 Å². The molecule has 112 valence electrons. The second-order valence-corrected chi connectivity index (χ2v) is 4.89. The van der Waals surface area contributed by atoms with Gasteiger partial charge in [0.25, 0.3) is 0 Å². The minimum absolute atomic E-state index is 0.235.